The molecule has 0 aliphatic carbocycles. The van der Waals surface area contributed by atoms with Crippen molar-refractivity contribution in [2.75, 3.05) is 13.2 Å². The quantitative estimate of drug-likeness (QED) is 0.700. The number of imide groups is 1. The average molecular weight is 411 g/mol. The Morgan fingerprint density at radius 3 is 2.70 bits per heavy atom. The minimum Gasteiger partial charge on any atom is -0.446 e. The molecule has 154 valence electrons. The zero-order valence-electron chi connectivity index (χ0n) is 15.8. The molecule has 0 radical (unpaired) electrons. The monoisotopic (exact) mass is 411 g/mol. The smallest absolute Gasteiger partial charge is 0.414 e. The lowest BCUT2D eigenvalue weighted by Crippen LogP contribution is -2.35. The Balaban J connectivity index is 1.45. The van der Waals surface area contributed by atoms with Crippen molar-refractivity contribution in [1.29, 1.82) is 0 Å². The summed E-state index contributed by atoms with van der Waals surface area (Å²) < 4.78 is 29.5. The van der Waals surface area contributed by atoms with Gasteiger partial charge in [0.05, 0.1) is 18.8 Å². The molecule has 4 rings (SSSR count). The molecule has 1 aliphatic heterocycles. The number of hydrogen-bond donors (Lipinski definition) is 1. The number of hydrogen-bond acceptors (Lipinski definition) is 7. The van der Waals surface area contributed by atoms with Crippen LogP contribution in [0.25, 0.3) is 22.8 Å². The van der Waals surface area contributed by atoms with Gasteiger partial charge >= 0.3 is 6.09 Å². The third-order valence-corrected chi connectivity index (χ3v) is 4.57. The summed E-state index contributed by atoms with van der Waals surface area (Å²) >= 11 is 0. The van der Waals surface area contributed by atoms with Gasteiger partial charge in [-0.05, 0) is 24.3 Å². The van der Waals surface area contributed by atoms with Gasteiger partial charge in [0.25, 0.3) is 11.8 Å². The van der Waals surface area contributed by atoms with Crippen LogP contribution in [0.5, 0.6) is 0 Å². The average Bonchev–Trinajstić information content (AvgIpc) is 3.25. The zero-order chi connectivity index (χ0) is 20.9. The summed E-state index contributed by atoms with van der Waals surface area (Å²) in [4.78, 5) is 28.6. The largest absolute Gasteiger partial charge is 0.446 e. The zero-order valence-corrected chi connectivity index (χ0v) is 15.8. The molecule has 1 saturated heterocycles. The summed E-state index contributed by atoms with van der Waals surface area (Å²) in [5.41, 5.74) is 0.876. The molecule has 9 heteroatoms. The predicted octanol–water partition coefficient (Wildman–Crippen LogP) is 3.59. The Morgan fingerprint density at radius 2 is 1.90 bits per heavy atom. The summed E-state index contributed by atoms with van der Waals surface area (Å²) in [5, 5.41) is 6.06. The van der Waals surface area contributed by atoms with Crippen molar-refractivity contribution in [3.05, 3.63) is 59.9 Å². The lowest BCUT2D eigenvalue weighted by Gasteiger charge is -2.22. The van der Waals surface area contributed by atoms with Crippen LogP contribution < -0.4 is 5.32 Å². The Labute approximate surface area is 171 Å². The van der Waals surface area contributed by atoms with E-state index in [-0.39, 0.29) is 28.9 Å². The SMILES string of the molecule is O=C(NC(=O)c1cccc(-c2noc(-c3ccccc3F)n2)c1)OC1CCOCC1. The number of nitrogens with zero attached hydrogens (tertiary/aromatic N) is 2. The Hall–Kier alpha value is -3.59. The normalized spacial score (nSPS) is 14.3. The van der Waals surface area contributed by atoms with Gasteiger partial charge in [-0.1, -0.05) is 29.4 Å². The van der Waals surface area contributed by atoms with Gasteiger partial charge in [0.1, 0.15) is 11.9 Å². The number of benzene rings is 2. The second-order valence-corrected chi connectivity index (χ2v) is 6.65. The van der Waals surface area contributed by atoms with Crippen LogP contribution in [0.1, 0.15) is 23.2 Å². The van der Waals surface area contributed by atoms with E-state index >= 15 is 0 Å². The molecular weight excluding hydrogens is 393 g/mol. The highest BCUT2D eigenvalue weighted by Crippen LogP contribution is 2.24. The van der Waals surface area contributed by atoms with Gasteiger partial charge in [-0.25, -0.2) is 9.18 Å². The van der Waals surface area contributed by atoms with Crippen LogP contribution in [-0.4, -0.2) is 41.5 Å². The van der Waals surface area contributed by atoms with E-state index in [4.69, 9.17) is 14.0 Å². The van der Waals surface area contributed by atoms with Gasteiger partial charge in [-0.3, -0.25) is 10.1 Å². The molecule has 8 nitrogen and oxygen atoms in total. The number of rotatable bonds is 4. The molecule has 30 heavy (non-hydrogen) atoms. The molecule has 0 atom stereocenters. The van der Waals surface area contributed by atoms with Crippen molar-refractivity contribution in [3.63, 3.8) is 0 Å². The van der Waals surface area contributed by atoms with E-state index in [1.807, 2.05) is 0 Å². The Kier molecular flexibility index (Phi) is 5.80. The maximum absolute atomic E-state index is 13.9. The maximum atomic E-state index is 13.9. The minimum absolute atomic E-state index is 0.0259. The fourth-order valence-electron chi connectivity index (χ4n) is 3.02. The Morgan fingerprint density at radius 1 is 1.10 bits per heavy atom. The van der Waals surface area contributed by atoms with Crippen molar-refractivity contribution < 1.29 is 28.0 Å². The summed E-state index contributed by atoms with van der Waals surface area (Å²) in [7, 11) is 0. The summed E-state index contributed by atoms with van der Waals surface area (Å²) in [6, 6.07) is 12.4. The minimum atomic E-state index is -0.807. The first kappa shape index (κ1) is 19.7. The fraction of sp³-hybridized carbons (Fsp3) is 0.238. The van der Waals surface area contributed by atoms with Gasteiger partial charge < -0.3 is 14.0 Å². The lowest BCUT2D eigenvalue weighted by molar-refractivity contribution is 0.00202. The summed E-state index contributed by atoms with van der Waals surface area (Å²) in [6.45, 7) is 1.04. The first-order valence-corrected chi connectivity index (χ1v) is 9.39. The molecule has 1 aliphatic rings. The first-order chi connectivity index (χ1) is 14.6. The van der Waals surface area contributed by atoms with E-state index in [9.17, 15) is 14.0 Å². The lowest BCUT2D eigenvalue weighted by atomic mass is 10.1. The number of carbonyl (C=O) groups excluding carboxylic acids is 2. The van der Waals surface area contributed by atoms with Crippen molar-refractivity contribution in [2.24, 2.45) is 0 Å². The van der Waals surface area contributed by atoms with Gasteiger partial charge in [-0.2, -0.15) is 4.98 Å². The van der Waals surface area contributed by atoms with Crippen molar-refractivity contribution in [3.8, 4) is 22.8 Å². The molecule has 1 fully saturated rings. The molecule has 0 saturated carbocycles. The topological polar surface area (TPSA) is 104 Å². The number of carbonyl (C=O) groups is 2. The third-order valence-electron chi connectivity index (χ3n) is 4.57. The molecule has 2 aromatic carbocycles. The van der Waals surface area contributed by atoms with E-state index in [0.29, 0.717) is 31.6 Å². The van der Waals surface area contributed by atoms with E-state index in [1.165, 1.54) is 18.2 Å². The van der Waals surface area contributed by atoms with Crippen molar-refractivity contribution >= 4 is 12.0 Å². The van der Waals surface area contributed by atoms with E-state index in [0.717, 1.165) is 0 Å². The van der Waals surface area contributed by atoms with E-state index in [2.05, 4.69) is 15.5 Å². The highest BCUT2D eigenvalue weighted by Gasteiger charge is 2.20. The van der Waals surface area contributed by atoms with Crippen LogP contribution >= 0.6 is 0 Å². The summed E-state index contributed by atoms with van der Waals surface area (Å²) in [6.07, 6.45) is 0.117. The predicted molar refractivity (Wildman–Crippen MR) is 103 cm³/mol. The molecule has 3 aromatic rings. The molecular formula is C21H18FN3O5. The van der Waals surface area contributed by atoms with E-state index < -0.39 is 17.8 Å². The molecule has 0 unspecified atom stereocenters. The maximum Gasteiger partial charge on any atom is 0.414 e. The van der Waals surface area contributed by atoms with Gasteiger partial charge in [-0.15, -0.1) is 0 Å². The molecule has 0 spiro atoms. The van der Waals surface area contributed by atoms with Crippen LogP contribution in [0.3, 0.4) is 0 Å². The second-order valence-electron chi connectivity index (χ2n) is 6.65. The van der Waals surface area contributed by atoms with Crippen LogP contribution in [0.2, 0.25) is 0 Å². The van der Waals surface area contributed by atoms with Crippen LogP contribution in [0.15, 0.2) is 53.1 Å². The molecule has 1 N–H and O–H groups in total. The number of halogens is 1. The number of alkyl carbamates (subject to hydrolysis) is 1. The van der Waals surface area contributed by atoms with Crippen LogP contribution in [-0.2, 0) is 9.47 Å². The number of ether oxygens (including phenoxy) is 2. The molecule has 2 heterocycles. The Bertz CT molecular complexity index is 1060. The van der Waals surface area contributed by atoms with Crippen molar-refractivity contribution in [2.45, 2.75) is 18.9 Å². The third kappa shape index (κ3) is 4.52. The van der Waals surface area contributed by atoms with Crippen molar-refractivity contribution in [1.82, 2.24) is 15.5 Å². The number of aromatic nitrogens is 2. The highest BCUT2D eigenvalue weighted by molar-refractivity contribution is 6.03. The van der Waals surface area contributed by atoms with E-state index in [1.54, 1.807) is 30.3 Å². The first-order valence-electron chi connectivity index (χ1n) is 9.39. The highest BCUT2D eigenvalue weighted by atomic mass is 19.1. The standard InChI is InChI=1S/C21H18FN3O5/c22-17-7-2-1-6-16(17)20-23-18(25-30-20)13-4-3-5-14(12-13)19(26)24-21(27)29-15-8-10-28-11-9-15/h1-7,12,15H,8-11H2,(H,24,26,27). The molecule has 0 bridgehead atoms. The number of nitrogens with one attached hydrogen (secondary N) is 1. The summed E-state index contributed by atoms with van der Waals surface area (Å²) in [5.74, 6) is -0.888. The fourth-order valence-corrected chi connectivity index (χ4v) is 3.02. The molecule has 1 aromatic heterocycles. The molecule has 2 amide bonds. The second kappa shape index (κ2) is 8.83. The van der Waals surface area contributed by atoms with Gasteiger partial charge in [0.2, 0.25) is 5.82 Å². The van der Waals surface area contributed by atoms with Gasteiger partial charge in [0.15, 0.2) is 0 Å². The van der Waals surface area contributed by atoms with Crippen LogP contribution in [0.4, 0.5) is 9.18 Å². The number of amides is 2. The van der Waals surface area contributed by atoms with Crippen LogP contribution in [0, 0.1) is 5.82 Å². The van der Waals surface area contributed by atoms with Gasteiger partial charge in [0, 0.05) is 24.0 Å².